The molecule has 3 rings (SSSR count). The number of ether oxygens (including phenoxy) is 7. The van der Waals surface area contributed by atoms with Crippen LogP contribution in [0.3, 0.4) is 0 Å². The number of phosphoric acid groups is 1. The van der Waals surface area contributed by atoms with Gasteiger partial charge in [-0.15, -0.1) is 0 Å². The van der Waals surface area contributed by atoms with Gasteiger partial charge in [0.15, 0.2) is 18.0 Å². The Morgan fingerprint density at radius 3 is 1.77 bits per heavy atom. The molecule has 2 aromatic carbocycles. The van der Waals surface area contributed by atoms with Crippen LogP contribution in [-0.4, -0.2) is 102 Å². The van der Waals surface area contributed by atoms with E-state index in [4.69, 9.17) is 116 Å². The van der Waals surface area contributed by atoms with Crippen LogP contribution >= 0.6 is 77.4 Å². The number of hydrogen-bond acceptors (Lipinski definition) is 15. The van der Waals surface area contributed by atoms with Gasteiger partial charge in [-0.05, 0) is 63.4 Å². The zero-order valence-corrected chi connectivity index (χ0v) is 51.9. The number of carbonyl (C=O) groups is 4. The molecule has 438 valence electrons. The highest BCUT2D eigenvalue weighted by Gasteiger charge is 2.55. The van der Waals surface area contributed by atoms with Gasteiger partial charge in [-0.25, -0.2) is 14.2 Å². The SMILES string of the molecule is CCCCCCCCCCC[C@H](CC(=O)O[C@H]1[C@H](OP(=O)(Oc2ccccc2)Oc2ccccc2)[C@@H](COC(=O)OC(C)(C)C(Cl)(Cl)Cl)OC(OCC[Si](C)(C)C)[C@@H]1NC(=O)OCC(Cl)(Cl)Cl)OC(=O)CCCCCCC. The molecule has 0 aromatic heterocycles. The van der Waals surface area contributed by atoms with Gasteiger partial charge in [0.1, 0.15) is 49.1 Å². The van der Waals surface area contributed by atoms with Gasteiger partial charge in [-0.3, -0.25) is 14.1 Å². The molecule has 0 radical (unpaired) electrons. The number of hydrogen-bond donors (Lipinski definition) is 1. The molecule has 6 atom stereocenters. The van der Waals surface area contributed by atoms with Crippen LogP contribution in [0.2, 0.25) is 25.7 Å². The summed E-state index contributed by atoms with van der Waals surface area (Å²) in [5.74, 6) is -1.33. The predicted octanol–water partition coefficient (Wildman–Crippen LogP) is 16.0. The van der Waals surface area contributed by atoms with Gasteiger partial charge in [-0.2, -0.15) is 0 Å². The largest absolute Gasteiger partial charge is 0.588 e. The maximum Gasteiger partial charge on any atom is 0.588 e. The Bertz CT molecular complexity index is 2040. The molecule has 1 fully saturated rings. The molecule has 0 bridgehead atoms. The first-order valence-electron chi connectivity index (χ1n) is 26.6. The monoisotopic (exact) mass is 1240 g/mol. The average Bonchev–Trinajstić information content (AvgIpc) is 3.33. The minimum atomic E-state index is -5.00. The summed E-state index contributed by atoms with van der Waals surface area (Å²) in [6, 6.07) is 14.8. The summed E-state index contributed by atoms with van der Waals surface area (Å²) in [7, 11) is -6.83. The van der Waals surface area contributed by atoms with E-state index in [1.165, 1.54) is 51.0 Å². The lowest BCUT2D eigenvalue weighted by molar-refractivity contribution is -0.269. The van der Waals surface area contributed by atoms with E-state index in [0.29, 0.717) is 25.3 Å². The molecular weight excluding hydrogens is 1160 g/mol. The highest BCUT2D eigenvalue weighted by atomic mass is 35.6. The number of unbranched alkanes of at least 4 members (excludes halogenated alkanes) is 12. The number of amides is 1. The summed E-state index contributed by atoms with van der Waals surface area (Å²) >= 11 is 36.3. The molecule has 0 aliphatic carbocycles. The zero-order chi connectivity index (χ0) is 57.1. The van der Waals surface area contributed by atoms with Crippen LogP contribution in [0, 0.1) is 0 Å². The van der Waals surface area contributed by atoms with Crippen LogP contribution in [0.25, 0.3) is 0 Å². The van der Waals surface area contributed by atoms with Crippen LogP contribution in [0.1, 0.15) is 137 Å². The molecule has 1 aliphatic rings. The number of alkyl halides is 6. The lowest BCUT2D eigenvalue weighted by Gasteiger charge is -2.45. The molecule has 1 amide bonds. The fourth-order valence-electron chi connectivity index (χ4n) is 7.67. The Labute approximate surface area is 487 Å². The van der Waals surface area contributed by atoms with E-state index in [9.17, 15) is 19.2 Å². The standard InChI is InChI=1S/C53H80Cl6NO15PSi/c1-8-10-12-14-15-16-17-19-22-32-41(69-43(61)33-27-18-13-11-9-2)36-44(62)71-47-45(60-49(63)68-38-52(54,55)56)48(66-34-35-77(5,6)7)70-42(37-67-50(64)72-51(3,4)53(57,58)59)46(47)75-76(65,73-39-28-23-20-24-29-39)74-40-30-25-21-26-31-40/h20-21,23-26,28-31,41-42,45-48H,8-19,22,27,32-38H2,1-7H3,(H,60,63)/t41-,42-,45-,46-,47-,48?/m1/s1. The molecular formula is C53H80Cl6NO15PSi. The topological polar surface area (TPSA) is 190 Å². The minimum absolute atomic E-state index is 0.0337. The maximum atomic E-state index is 15.4. The third-order valence-corrected chi connectivity index (χ3v) is 16.8. The van der Waals surface area contributed by atoms with Crippen LogP contribution in [0.5, 0.6) is 11.5 Å². The van der Waals surface area contributed by atoms with E-state index in [1.54, 1.807) is 36.4 Å². The smallest absolute Gasteiger partial charge is 0.462 e. The quantitative estimate of drug-likeness (QED) is 0.0171. The fraction of sp³-hybridized carbons (Fsp3) is 0.698. The Kier molecular flexibility index (Phi) is 31.1. The highest BCUT2D eigenvalue weighted by Crippen LogP contribution is 2.53. The first-order chi connectivity index (χ1) is 36.2. The Morgan fingerprint density at radius 2 is 1.25 bits per heavy atom. The Balaban J connectivity index is 2.20. The second kappa shape index (κ2) is 34.8. The molecule has 24 heteroatoms. The second-order valence-electron chi connectivity index (χ2n) is 20.6. The molecule has 2 aromatic rings. The van der Waals surface area contributed by atoms with Gasteiger partial charge in [-0.1, -0.05) is 217 Å². The van der Waals surface area contributed by atoms with Crippen molar-refractivity contribution in [1.82, 2.24) is 5.32 Å². The number of phosphoric ester groups is 1. The van der Waals surface area contributed by atoms with Crippen molar-refractivity contribution in [2.45, 2.75) is 212 Å². The van der Waals surface area contributed by atoms with E-state index < -0.39 is 110 Å². The molecule has 1 heterocycles. The molecule has 1 unspecified atom stereocenters. The molecule has 1 N–H and O–H groups in total. The number of benzene rings is 2. The normalized spacial score (nSPS) is 18.6. The lowest BCUT2D eigenvalue weighted by Crippen LogP contribution is -2.66. The highest BCUT2D eigenvalue weighted by molar-refractivity contribution is 7.49. The molecule has 77 heavy (non-hydrogen) atoms. The van der Waals surface area contributed by atoms with E-state index in [0.717, 1.165) is 64.2 Å². The van der Waals surface area contributed by atoms with E-state index in [-0.39, 0.29) is 24.5 Å². The van der Waals surface area contributed by atoms with Crippen molar-refractivity contribution in [2.75, 3.05) is 19.8 Å². The third-order valence-electron chi connectivity index (χ3n) is 12.1. The average molecular weight is 1240 g/mol. The summed E-state index contributed by atoms with van der Waals surface area (Å²) < 4.78 is 71.2. The zero-order valence-electron chi connectivity index (χ0n) is 45.4. The summed E-state index contributed by atoms with van der Waals surface area (Å²) in [6.07, 6.45) is 3.63. The van der Waals surface area contributed by atoms with Crippen LogP contribution < -0.4 is 14.4 Å². The lowest BCUT2D eigenvalue weighted by atomic mass is 9.96. The van der Waals surface area contributed by atoms with Crippen LogP contribution in [-0.2, 0) is 51.8 Å². The minimum Gasteiger partial charge on any atom is -0.462 e. The van der Waals surface area contributed by atoms with Crippen molar-refractivity contribution in [3.05, 3.63) is 60.7 Å². The number of alkyl carbamates (subject to hydrolysis) is 1. The van der Waals surface area contributed by atoms with Gasteiger partial charge in [0.05, 0.1) is 6.42 Å². The molecule has 1 aliphatic heterocycles. The van der Waals surface area contributed by atoms with Crippen molar-refractivity contribution in [2.24, 2.45) is 0 Å². The summed E-state index contributed by atoms with van der Waals surface area (Å²) in [5, 5.41) is 2.62. The molecule has 1 saturated heterocycles. The van der Waals surface area contributed by atoms with Crippen molar-refractivity contribution in [1.29, 1.82) is 0 Å². The second-order valence-corrected chi connectivity index (χ2v) is 32.5. The number of rotatable bonds is 35. The Hall–Kier alpha value is -2.41. The van der Waals surface area contributed by atoms with Crippen LogP contribution in [0.15, 0.2) is 60.7 Å². The Morgan fingerprint density at radius 1 is 0.714 bits per heavy atom. The fourth-order valence-corrected chi connectivity index (χ4v) is 10.1. The number of esters is 2. The number of carbonyl (C=O) groups excluding carboxylic acids is 4. The summed E-state index contributed by atoms with van der Waals surface area (Å²) in [4.78, 5) is 55.4. The first kappa shape index (κ1) is 68.9. The maximum absolute atomic E-state index is 15.4. The van der Waals surface area contributed by atoms with Crippen LogP contribution in [0.4, 0.5) is 9.59 Å². The third kappa shape index (κ3) is 28.7. The molecule has 16 nitrogen and oxygen atoms in total. The van der Waals surface area contributed by atoms with Gasteiger partial charge >= 0.3 is 32.0 Å². The van der Waals surface area contributed by atoms with E-state index in [2.05, 4.69) is 38.8 Å². The molecule has 0 spiro atoms. The van der Waals surface area contributed by atoms with Gasteiger partial charge in [0, 0.05) is 21.1 Å². The van der Waals surface area contributed by atoms with Crippen molar-refractivity contribution < 1.29 is 70.5 Å². The van der Waals surface area contributed by atoms with Crippen molar-refractivity contribution >= 4 is 110 Å². The molecule has 0 saturated carbocycles. The van der Waals surface area contributed by atoms with Crippen molar-refractivity contribution in [3.63, 3.8) is 0 Å². The van der Waals surface area contributed by atoms with E-state index in [1.807, 2.05) is 0 Å². The summed E-state index contributed by atoms with van der Waals surface area (Å²) in [5.41, 5.74) is -1.73. The number of halogens is 6. The predicted molar refractivity (Wildman–Crippen MR) is 304 cm³/mol. The number of nitrogens with one attached hydrogen (secondary N) is 1. The van der Waals surface area contributed by atoms with Gasteiger partial charge < -0.3 is 47.5 Å². The summed E-state index contributed by atoms with van der Waals surface area (Å²) in [6.45, 7) is 11.8. The van der Waals surface area contributed by atoms with E-state index >= 15 is 4.57 Å². The first-order valence-corrected chi connectivity index (χ1v) is 34.0. The van der Waals surface area contributed by atoms with Gasteiger partial charge in [0.25, 0.3) is 0 Å². The number of para-hydroxylation sites is 2. The van der Waals surface area contributed by atoms with Gasteiger partial charge in [0.2, 0.25) is 7.59 Å². The van der Waals surface area contributed by atoms with Crippen molar-refractivity contribution in [3.8, 4) is 11.5 Å².